The molecular formula is C16H16N4S2. The molecule has 0 saturated carbocycles. The molecule has 4 heterocycles. The molecule has 3 aromatic heterocycles. The van der Waals surface area contributed by atoms with E-state index >= 15 is 0 Å². The Kier molecular flexibility index (Phi) is 3.65. The quantitative estimate of drug-likeness (QED) is 0.800. The van der Waals surface area contributed by atoms with Crippen LogP contribution in [-0.4, -0.2) is 21.4 Å². The zero-order chi connectivity index (χ0) is 14.9. The molecule has 1 aliphatic heterocycles. The highest BCUT2D eigenvalue weighted by atomic mass is 32.1. The second kappa shape index (κ2) is 5.79. The summed E-state index contributed by atoms with van der Waals surface area (Å²) >= 11 is 3.58. The summed E-state index contributed by atoms with van der Waals surface area (Å²) in [6.07, 6.45) is 2.82. The van der Waals surface area contributed by atoms with Gasteiger partial charge in [0, 0.05) is 42.7 Å². The highest BCUT2D eigenvalue weighted by Gasteiger charge is 2.18. The normalized spacial score (nSPS) is 14.9. The maximum absolute atomic E-state index is 5.66. The van der Waals surface area contributed by atoms with Crippen molar-refractivity contribution in [1.29, 1.82) is 0 Å². The maximum atomic E-state index is 5.66. The average molecular weight is 328 g/mol. The second-order valence-corrected chi connectivity index (χ2v) is 7.25. The Morgan fingerprint density at radius 3 is 3.09 bits per heavy atom. The van der Waals surface area contributed by atoms with Gasteiger partial charge in [0.15, 0.2) is 0 Å². The van der Waals surface area contributed by atoms with E-state index in [0.717, 1.165) is 31.7 Å². The van der Waals surface area contributed by atoms with Crippen molar-refractivity contribution in [3.8, 4) is 11.1 Å². The molecule has 0 saturated heterocycles. The van der Waals surface area contributed by atoms with Gasteiger partial charge in [-0.25, -0.2) is 9.97 Å². The van der Waals surface area contributed by atoms with E-state index in [2.05, 4.69) is 43.1 Å². The van der Waals surface area contributed by atoms with Crippen LogP contribution in [0.3, 0.4) is 0 Å². The number of hydrogen-bond donors (Lipinski definition) is 1. The number of hydrogen-bond acceptors (Lipinski definition) is 6. The zero-order valence-corrected chi connectivity index (χ0v) is 13.7. The Hall–Kier alpha value is -1.76. The third kappa shape index (κ3) is 2.77. The van der Waals surface area contributed by atoms with Crippen LogP contribution in [-0.2, 0) is 19.5 Å². The van der Waals surface area contributed by atoms with Gasteiger partial charge in [-0.3, -0.25) is 4.90 Å². The van der Waals surface area contributed by atoms with E-state index in [0.29, 0.717) is 5.95 Å². The number of aromatic nitrogens is 2. The Bertz CT molecular complexity index is 779. The van der Waals surface area contributed by atoms with Crippen LogP contribution in [0.2, 0.25) is 0 Å². The molecule has 1 aliphatic rings. The highest BCUT2D eigenvalue weighted by Crippen LogP contribution is 2.29. The molecule has 0 spiro atoms. The molecule has 0 amide bonds. The van der Waals surface area contributed by atoms with Crippen molar-refractivity contribution in [3.05, 3.63) is 50.6 Å². The lowest BCUT2D eigenvalue weighted by Crippen LogP contribution is -2.30. The number of rotatable bonds is 3. The molecule has 0 aromatic carbocycles. The van der Waals surface area contributed by atoms with Gasteiger partial charge in [0.1, 0.15) is 0 Å². The van der Waals surface area contributed by atoms with Crippen molar-refractivity contribution in [2.75, 3.05) is 12.3 Å². The van der Waals surface area contributed by atoms with Gasteiger partial charge >= 0.3 is 0 Å². The van der Waals surface area contributed by atoms with Gasteiger partial charge in [-0.15, -0.1) is 11.3 Å². The van der Waals surface area contributed by atoms with Gasteiger partial charge < -0.3 is 5.73 Å². The zero-order valence-electron chi connectivity index (χ0n) is 12.0. The predicted octanol–water partition coefficient (Wildman–Crippen LogP) is 3.41. The first-order valence-corrected chi connectivity index (χ1v) is 9.03. The van der Waals surface area contributed by atoms with Crippen LogP contribution >= 0.6 is 22.7 Å². The summed E-state index contributed by atoms with van der Waals surface area (Å²) in [6.45, 7) is 2.91. The lowest BCUT2D eigenvalue weighted by atomic mass is 10.1. The van der Waals surface area contributed by atoms with E-state index in [1.165, 1.54) is 21.6 Å². The summed E-state index contributed by atoms with van der Waals surface area (Å²) in [5.41, 5.74) is 10.6. The van der Waals surface area contributed by atoms with E-state index in [1.54, 1.807) is 11.3 Å². The van der Waals surface area contributed by atoms with E-state index in [4.69, 9.17) is 5.73 Å². The molecule has 0 atom stereocenters. The first-order chi connectivity index (χ1) is 10.8. The topological polar surface area (TPSA) is 55.0 Å². The van der Waals surface area contributed by atoms with Crippen LogP contribution < -0.4 is 5.73 Å². The Morgan fingerprint density at radius 1 is 1.27 bits per heavy atom. The van der Waals surface area contributed by atoms with Gasteiger partial charge in [-0.05, 0) is 39.4 Å². The van der Waals surface area contributed by atoms with E-state index in [-0.39, 0.29) is 0 Å². The fourth-order valence-corrected chi connectivity index (χ4v) is 4.39. The van der Waals surface area contributed by atoms with E-state index < -0.39 is 0 Å². The average Bonchev–Trinajstić information content (AvgIpc) is 3.18. The molecule has 4 rings (SSSR count). The van der Waals surface area contributed by atoms with Gasteiger partial charge in [-0.1, -0.05) is 0 Å². The SMILES string of the molecule is Nc1ncc2c(n1)CCN(Cc1cc(-c3ccsc3)cs1)C2. The minimum absolute atomic E-state index is 0.380. The smallest absolute Gasteiger partial charge is 0.220 e. The molecule has 2 N–H and O–H groups in total. The van der Waals surface area contributed by atoms with Gasteiger partial charge in [-0.2, -0.15) is 11.3 Å². The molecule has 112 valence electrons. The van der Waals surface area contributed by atoms with Gasteiger partial charge in [0.05, 0.1) is 5.69 Å². The Labute approximate surface area is 137 Å². The first-order valence-electron chi connectivity index (χ1n) is 7.20. The van der Waals surface area contributed by atoms with Crippen molar-refractivity contribution in [2.24, 2.45) is 0 Å². The third-order valence-corrected chi connectivity index (χ3v) is 5.52. The van der Waals surface area contributed by atoms with Crippen LogP contribution in [0.15, 0.2) is 34.5 Å². The lowest BCUT2D eigenvalue weighted by Gasteiger charge is -2.27. The molecule has 0 fully saturated rings. The van der Waals surface area contributed by atoms with Crippen molar-refractivity contribution in [2.45, 2.75) is 19.5 Å². The van der Waals surface area contributed by atoms with Crippen molar-refractivity contribution >= 4 is 28.6 Å². The van der Waals surface area contributed by atoms with Crippen LogP contribution in [0.1, 0.15) is 16.1 Å². The standard InChI is InChI=1S/C16H16N4S2/c17-16-18-6-13-7-20(3-1-15(13)19-16)8-14-5-12(10-22-14)11-2-4-21-9-11/h2,4-6,9-10H,1,3,7-8H2,(H2,17,18,19). The number of nitrogen functional groups attached to an aromatic ring is 1. The predicted molar refractivity (Wildman–Crippen MR) is 91.9 cm³/mol. The molecule has 6 heteroatoms. The fraction of sp³-hybridized carbons (Fsp3) is 0.250. The van der Waals surface area contributed by atoms with Crippen molar-refractivity contribution < 1.29 is 0 Å². The third-order valence-electron chi connectivity index (χ3n) is 3.92. The maximum Gasteiger partial charge on any atom is 0.220 e. The number of nitrogens with two attached hydrogens (primary N) is 1. The van der Waals surface area contributed by atoms with Gasteiger partial charge in [0.2, 0.25) is 5.95 Å². The highest BCUT2D eigenvalue weighted by molar-refractivity contribution is 7.10. The summed E-state index contributed by atoms with van der Waals surface area (Å²) in [6, 6.07) is 4.48. The largest absolute Gasteiger partial charge is 0.368 e. The van der Waals surface area contributed by atoms with Crippen LogP contribution in [0.5, 0.6) is 0 Å². The molecule has 0 aliphatic carbocycles. The minimum Gasteiger partial charge on any atom is -0.368 e. The number of anilines is 1. The monoisotopic (exact) mass is 328 g/mol. The summed E-state index contributed by atoms with van der Waals surface area (Å²) in [5.74, 6) is 0.380. The first kappa shape index (κ1) is 13.9. The fourth-order valence-electron chi connectivity index (χ4n) is 2.79. The van der Waals surface area contributed by atoms with E-state index in [1.807, 2.05) is 17.5 Å². The van der Waals surface area contributed by atoms with E-state index in [9.17, 15) is 0 Å². The summed E-state index contributed by atoms with van der Waals surface area (Å²) in [5, 5.41) is 6.57. The van der Waals surface area contributed by atoms with Gasteiger partial charge in [0.25, 0.3) is 0 Å². The number of fused-ring (bicyclic) bond motifs is 1. The summed E-state index contributed by atoms with van der Waals surface area (Å²) in [4.78, 5) is 12.3. The molecule has 4 nitrogen and oxygen atoms in total. The molecule has 0 bridgehead atoms. The molecular weight excluding hydrogens is 312 g/mol. The van der Waals surface area contributed by atoms with Crippen LogP contribution in [0.4, 0.5) is 5.95 Å². The lowest BCUT2D eigenvalue weighted by molar-refractivity contribution is 0.245. The van der Waals surface area contributed by atoms with Crippen molar-refractivity contribution in [1.82, 2.24) is 14.9 Å². The van der Waals surface area contributed by atoms with Crippen molar-refractivity contribution in [3.63, 3.8) is 0 Å². The molecule has 3 aromatic rings. The number of nitrogens with zero attached hydrogens (tertiary/aromatic N) is 3. The molecule has 0 unspecified atom stereocenters. The summed E-state index contributed by atoms with van der Waals surface area (Å²) < 4.78 is 0. The molecule has 22 heavy (non-hydrogen) atoms. The molecule has 0 radical (unpaired) electrons. The Balaban J connectivity index is 1.47. The second-order valence-electron chi connectivity index (χ2n) is 5.47. The minimum atomic E-state index is 0.380. The van der Waals surface area contributed by atoms with Crippen LogP contribution in [0, 0.1) is 0 Å². The summed E-state index contributed by atoms with van der Waals surface area (Å²) in [7, 11) is 0. The van der Waals surface area contributed by atoms with Crippen LogP contribution in [0.25, 0.3) is 11.1 Å². The number of thiophene rings is 2. The Morgan fingerprint density at radius 2 is 2.23 bits per heavy atom.